The van der Waals surface area contributed by atoms with E-state index >= 15 is 0 Å². The first-order valence-corrected chi connectivity index (χ1v) is 9.95. The van der Waals surface area contributed by atoms with Crippen LogP contribution in [-0.4, -0.2) is 38.4 Å². The van der Waals surface area contributed by atoms with Crippen LogP contribution in [0.5, 0.6) is 0 Å². The molecule has 2 aromatic heterocycles. The van der Waals surface area contributed by atoms with Crippen LogP contribution in [-0.2, 0) is 4.79 Å². The zero-order valence-corrected chi connectivity index (χ0v) is 16.0. The Hall–Kier alpha value is -2.87. The first-order chi connectivity index (χ1) is 13.1. The fraction of sp³-hybridized carbons (Fsp3) is 0.263. The summed E-state index contributed by atoms with van der Waals surface area (Å²) in [6, 6.07) is 12.2. The number of nitrogens with one attached hydrogen (secondary N) is 2. The Morgan fingerprint density at radius 3 is 2.63 bits per heavy atom. The van der Waals surface area contributed by atoms with Crippen molar-refractivity contribution in [1.82, 2.24) is 19.9 Å². The normalized spacial score (nSPS) is 11.9. The highest BCUT2D eigenvalue weighted by atomic mass is 32.2. The second-order valence-electron chi connectivity index (χ2n) is 6.05. The van der Waals surface area contributed by atoms with E-state index in [1.807, 2.05) is 35.1 Å². The van der Waals surface area contributed by atoms with E-state index in [9.17, 15) is 9.59 Å². The van der Waals surface area contributed by atoms with Crippen LogP contribution in [0.4, 0.5) is 5.69 Å². The highest BCUT2D eigenvalue weighted by Gasteiger charge is 2.20. The summed E-state index contributed by atoms with van der Waals surface area (Å²) in [5.41, 5.74) is 1.92. The number of benzene rings is 1. The minimum atomic E-state index is -0.252. The van der Waals surface area contributed by atoms with Crippen LogP contribution in [0.1, 0.15) is 35.6 Å². The number of hydrogen-bond donors (Lipinski definition) is 2. The van der Waals surface area contributed by atoms with Gasteiger partial charge in [-0.05, 0) is 54.8 Å². The molecule has 2 heterocycles. The van der Waals surface area contributed by atoms with Gasteiger partial charge in [0.2, 0.25) is 5.91 Å². The molecule has 0 aliphatic rings. The van der Waals surface area contributed by atoms with Crippen LogP contribution >= 0.6 is 11.8 Å². The van der Waals surface area contributed by atoms with E-state index in [1.165, 1.54) is 6.92 Å². The molecule has 0 aliphatic heterocycles. The van der Waals surface area contributed by atoms with Gasteiger partial charge in [0.1, 0.15) is 0 Å². The summed E-state index contributed by atoms with van der Waals surface area (Å²) >= 11 is 1.71. The average Bonchev–Trinajstić information content (AvgIpc) is 3.09. The van der Waals surface area contributed by atoms with E-state index < -0.39 is 0 Å². The van der Waals surface area contributed by atoms with Crippen molar-refractivity contribution in [2.45, 2.75) is 19.4 Å². The molecule has 1 atom stereocenters. The lowest BCUT2D eigenvalue weighted by molar-refractivity contribution is -0.114. The van der Waals surface area contributed by atoms with Gasteiger partial charge >= 0.3 is 0 Å². The summed E-state index contributed by atoms with van der Waals surface area (Å²) in [5, 5.41) is 14.2. The van der Waals surface area contributed by atoms with Crippen molar-refractivity contribution < 1.29 is 9.59 Å². The summed E-state index contributed by atoms with van der Waals surface area (Å²) in [4.78, 5) is 23.8. The summed E-state index contributed by atoms with van der Waals surface area (Å²) < 4.78 is 1.89. The molecule has 0 bridgehead atoms. The third kappa shape index (κ3) is 4.65. The molecule has 1 aromatic carbocycles. The molecule has 27 heavy (non-hydrogen) atoms. The number of hydrogen-bond acceptors (Lipinski definition) is 5. The number of anilines is 1. The third-order valence-corrected chi connectivity index (χ3v) is 4.68. The molecule has 2 N–H and O–H groups in total. The Balaban J connectivity index is 1.79. The van der Waals surface area contributed by atoms with E-state index in [1.54, 1.807) is 36.0 Å². The van der Waals surface area contributed by atoms with Crippen molar-refractivity contribution >= 4 is 34.9 Å². The van der Waals surface area contributed by atoms with Gasteiger partial charge in [-0.2, -0.15) is 11.8 Å². The third-order valence-electron chi connectivity index (χ3n) is 4.04. The predicted molar refractivity (Wildman–Crippen MR) is 107 cm³/mol. The van der Waals surface area contributed by atoms with Crippen molar-refractivity contribution in [3.8, 4) is 0 Å². The van der Waals surface area contributed by atoms with E-state index in [-0.39, 0.29) is 17.9 Å². The molecule has 0 radical (unpaired) electrons. The minimum Gasteiger partial charge on any atom is -0.342 e. The Kier molecular flexibility index (Phi) is 6.08. The molecule has 8 heteroatoms. The number of pyridine rings is 1. The second-order valence-corrected chi connectivity index (χ2v) is 7.04. The SMILES string of the molecule is CSCCC(NC(=O)c1ccc(NC(C)=O)cc1)c1nnc2ccccn12. The number of carbonyl (C=O) groups excluding carboxylic acids is 2. The molecule has 7 nitrogen and oxygen atoms in total. The molecule has 2 amide bonds. The lowest BCUT2D eigenvalue weighted by Gasteiger charge is -2.17. The molecule has 0 spiro atoms. The fourth-order valence-electron chi connectivity index (χ4n) is 2.75. The average molecular weight is 383 g/mol. The number of aromatic nitrogens is 3. The maximum absolute atomic E-state index is 12.7. The maximum atomic E-state index is 12.7. The van der Waals surface area contributed by atoms with Gasteiger partial charge < -0.3 is 10.6 Å². The number of thioether (sulfide) groups is 1. The summed E-state index contributed by atoms with van der Waals surface area (Å²) in [5.74, 6) is 1.25. The highest BCUT2D eigenvalue weighted by molar-refractivity contribution is 7.98. The maximum Gasteiger partial charge on any atom is 0.251 e. The van der Waals surface area contributed by atoms with E-state index in [4.69, 9.17) is 0 Å². The van der Waals surface area contributed by atoms with Crippen LogP contribution < -0.4 is 10.6 Å². The van der Waals surface area contributed by atoms with Crippen LogP contribution in [0.15, 0.2) is 48.7 Å². The van der Waals surface area contributed by atoms with Gasteiger partial charge in [-0.15, -0.1) is 10.2 Å². The fourth-order valence-corrected chi connectivity index (χ4v) is 3.22. The number of amides is 2. The van der Waals surface area contributed by atoms with Crippen molar-refractivity contribution in [2.24, 2.45) is 0 Å². The molecule has 0 saturated heterocycles. The molecule has 0 saturated carbocycles. The zero-order chi connectivity index (χ0) is 19.2. The molecule has 3 aromatic rings. The Bertz CT molecular complexity index is 939. The van der Waals surface area contributed by atoms with Gasteiger partial charge in [0.05, 0.1) is 6.04 Å². The molecule has 1 unspecified atom stereocenters. The molecular formula is C19H21N5O2S. The standard InChI is InChI=1S/C19H21N5O2S/c1-13(25)20-15-8-6-14(7-9-15)19(26)21-16(10-12-27-2)18-23-22-17-5-3-4-11-24(17)18/h3-9,11,16H,10,12H2,1-2H3,(H,20,25)(H,21,26). The lowest BCUT2D eigenvalue weighted by Crippen LogP contribution is -2.30. The Labute approximate surface area is 161 Å². The number of rotatable bonds is 7. The molecule has 140 valence electrons. The summed E-state index contributed by atoms with van der Waals surface area (Å²) in [7, 11) is 0. The largest absolute Gasteiger partial charge is 0.342 e. The number of carbonyl (C=O) groups is 2. The van der Waals surface area contributed by atoms with Crippen LogP contribution in [0.25, 0.3) is 5.65 Å². The summed E-state index contributed by atoms with van der Waals surface area (Å²) in [6.07, 6.45) is 4.67. The van der Waals surface area contributed by atoms with Crippen LogP contribution in [0, 0.1) is 0 Å². The zero-order valence-electron chi connectivity index (χ0n) is 15.2. The van der Waals surface area contributed by atoms with Crippen molar-refractivity contribution in [3.05, 3.63) is 60.0 Å². The molecular weight excluding hydrogens is 362 g/mol. The molecule has 0 fully saturated rings. The Morgan fingerprint density at radius 2 is 1.93 bits per heavy atom. The highest BCUT2D eigenvalue weighted by Crippen LogP contribution is 2.19. The smallest absolute Gasteiger partial charge is 0.251 e. The molecule has 3 rings (SSSR count). The topological polar surface area (TPSA) is 88.4 Å². The molecule has 0 aliphatic carbocycles. The second kappa shape index (κ2) is 8.68. The van der Waals surface area contributed by atoms with E-state index in [2.05, 4.69) is 20.8 Å². The predicted octanol–water partition coefficient (Wildman–Crippen LogP) is 2.91. The van der Waals surface area contributed by atoms with Crippen molar-refractivity contribution in [3.63, 3.8) is 0 Å². The van der Waals surface area contributed by atoms with Gasteiger partial charge in [-0.25, -0.2) is 0 Å². The van der Waals surface area contributed by atoms with Crippen molar-refractivity contribution in [1.29, 1.82) is 0 Å². The van der Waals surface area contributed by atoms with Gasteiger partial charge in [0.25, 0.3) is 5.91 Å². The minimum absolute atomic E-state index is 0.150. The quantitative estimate of drug-likeness (QED) is 0.655. The lowest BCUT2D eigenvalue weighted by atomic mass is 10.1. The monoisotopic (exact) mass is 383 g/mol. The van der Waals surface area contributed by atoms with E-state index in [0.717, 1.165) is 17.8 Å². The first kappa shape index (κ1) is 18.9. The summed E-state index contributed by atoms with van der Waals surface area (Å²) in [6.45, 7) is 1.44. The van der Waals surface area contributed by atoms with Gasteiger partial charge in [0.15, 0.2) is 11.5 Å². The van der Waals surface area contributed by atoms with Crippen molar-refractivity contribution in [2.75, 3.05) is 17.3 Å². The Morgan fingerprint density at radius 1 is 1.15 bits per heavy atom. The van der Waals surface area contributed by atoms with E-state index in [0.29, 0.717) is 17.1 Å². The number of nitrogens with zero attached hydrogens (tertiary/aromatic N) is 3. The number of fused-ring (bicyclic) bond motifs is 1. The van der Waals surface area contributed by atoms with Crippen LogP contribution in [0.3, 0.4) is 0 Å². The van der Waals surface area contributed by atoms with Gasteiger partial charge in [0, 0.05) is 24.4 Å². The first-order valence-electron chi connectivity index (χ1n) is 8.55. The van der Waals surface area contributed by atoms with Gasteiger partial charge in [-0.3, -0.25) is 14.0 Å². The van der Waals surface area contributed by atoms with Gasteiger partial charge in [-0.1, -0.05) is 6.07 Å². The van der Waals surface area contributed by atoms with Crippen LogP contribution in [0.2, 0.25) is 0 Å².